The third-order valence-electron chi connectivity index (χ3n) is 4.45. The van der Waals surface area contributed by atoms with Crippen molar-refractivity contribution in [1.29, 1.82) is 0 Å². The molecule has 1 saturated carbocycles. The number of aromatic nitrogens is 2. The van der Waals surface area contributed by atoms with Gasteiger partial charge >= 0.3 is 0 Å². The summed E-state index contributed by atoms with van der Waals surface area (Å²) < 4.78 is 1.57. The van der Waals surface area contributed by atoms with E-state index >= 15 is 0 Å². The lowest BCUT2D eigenvalue weighted by atomic mass is 9.92. The third-order valence-corrected chi connectivity index (χ3v) is 4.45. The molecular formula is C16H24N4O2. The number of hydrogen-bond donors (Lipinski definition) is 1. The van der Waals surface area contributed by atoms with E-state index in [-0.39, 0.29) is 17.7 Å². The molecule has 22 heavy (non-hydrogen) atoms. The molecule has 6 heteroatoms. The van der Waals surface area contributed by atoms with Crippen molar-refractivity contribution in [3.05, 3.63) is 11.8 Å². The zero-order valence-corrected chi connectivity index (χ0v) is 13.5. The Hall–Kier alpha value is -1.85. The fourth-order valence-electron chi connectivity index (χ4n) is 3.25. The predicted octanol–water partition coefficient (Wildman–Crippen LogP) is 1.89. The molecular weight excluding hydrogens is 280 g/mol. The largest absolute Gasteiger partial charge is 0.337 e. The van der Waals surface area contributed by atoms with Gasteiger partial charge < -0.3 is 10.2 Å². The third kappa shape index (κ3) is 3.15. The van der Waals surface area contributed by atoms with Gasteiger partial charge in [0.15, 0.2) is 5.69 Å². The molecule has 0 unspecified atom stereocenters. The highest BCUT2D eigenvalue weighted by molar-refractivity contribution is 5.96. The second-order valence-electron chi connectivity index (χ2n) is 6.96. The van der Waals surface area contributed by atoms with E-state index in [1.165, 1.54) is 0 Å². The molecule has 6 nitrogen and oxygen atoms in total. The number of carbonyl (C=O) groups excluding carboxylic acids is 2. The summed E-state index contributed by atoms with van der Waals surface area (Å²) in [6.45, 7) is 5.92. The molecule has 2 atom stereocenters. The monoisotopic (exact) mass is 304 g/mol. The van der Waals surface area contributed by atoms with Crippen LogP contribution in [-0.4, -0.2) is 39.6 Å². The minimum atomic E-state index is -0.0408. The molecule has 1 aliphatic heterocycles. The molecule has 1 aromatic heterocycles. The van der Waals surface area contributed by atoms with Crippen LogP contribution in [0.15, 0.2) is 6.07 Å². The van der Waals surface area contributed by atoms with Crippen LogP contribution in [0.1, 0.15) is 43.6 Å². The van der Waals surface area contributed by atoms with E-state index < -0.39 is 0 Å². The predicted molar refractivity (Wildman–Crippen MR) is 83.4 cm³/mol. The molecule has 120 valence electrons. The molecule has 2 fully saturated rings. The first-order chi connectivity index (χ1) is 10.4. The molecule has 0 radical (unpaired) electrons. The van der Waals surface area contributed by atoms with E-state index in [1.807, 2.05) is 4.90 Å². The van der Waals surface area contributed by atoms with Gasteiger partial charge in [-0.15, -0.1) is 0 Å². The topological polar surface area (TPSA) is 67.2 Å². The van der Waals surface area contributed by atoms with Gasteiger partial charge in [-0.3, -0.25) is 14.3 Å². The van der Waals surface area contributed by atoms with Crippen molar-refractivity contribution in [2.45, 2.75) is 33.1 Å². The van der Waals surface area contributed by atoms with Crippen molar-refractivity contribution < 1.29 is 9.59 Å². The van der Waals surface area contributed by atoms with E-state index in [0.29, 0.717) is 23.3 Å². The maximum Gasteiger partial charge on any atom is 0.274 e. The van der Waals surface area contributed by atoms with E-state index in [1.54, 1.807) is 17.8 Å². The van der Waals surface area contributed by atoms with Gasteiger partial charge in [-0.2, -0.15) is 5.10 Å². The maximum atomic E-state index is 12.6. The number of anilines is 1. The van der Waals surface area contributed by atoms with Gasteiger partial charge in [-0.25, -0.2) is 0 Å². The van der Waals surface area contributed by atoms with Crippen LogP contribution in [0.4, 0.5) is 5.82 Å². The van der Waals surface area contributed by atoms with Gasteiger partial charge in [0.05, 0.1) is 0 Å². The SMILES string of the molecule is C[C@H]1C[C@H](C)CN(C(=O)c2cc(NC(=O)C3CC3)n(C)n2)C1. The van der Waals surface area contributed by atoms with Crippen LogP contribution in [-0.2, 0) is 11.8 Å². The smallest absolute Gasteiger partial charge is 0.274 e. The van der Waals surface area contributed by atoms with Crippen LogP contribution >= 0.6 is 0 Å². The molecule has 2 aliphatic rings. The second-order valence-corrected chi connectivity index (χ2v) is 6.96. The summed E-state index contributed by atoms with van der Waals surface area (Å²) in [5, 5.41) is 7.14. The van der Waals surface area contributed by atoms with E-state index in [2.05, 4.69) is 24.3 Å². The summed E-state index contributed by atoms with van der Waals surface area (Å²) in [6, 6.07) is 1.69. The van der Waals surface area contributed by atoms with Gasteiger partial charge in [0.1, 0.15) is 5.82 Å². The molecule has 0 aromatic carbocycles. The van der Waals surface area contributed by atoms with Gasteiger partial charge in [-0.05, 0) is 31.1 Å². The average molecular weight is 304 g/mol. The van der Waals surface area contributed by atoms with Crippen molar-refractivity contribution >= 4 is 17.6 Å². The molecule has 0 bridgehead atoms. The van der Waals surface area contributed by atoms with Crippen molar-refractivity contribution in [1.82, 2.24) is 14.7 Å². The number of rotatable bonds is 3. The summed E-state index contributed by atoms with van der Waals surface area (Å²) in [6.07, 6.45) is 3.08. The Morgan fingerprint density at radius 1 is 1.23 bits per heavy atom. The van der Waals surface area contributed by atoms with Crippen molar-refractivity contribution in [3.8, 4) is 0 Å². The van der Waals surface area contributed by atoms with Crippen LogP contribution in [0.5, 0.6) is 0 Å². The van der Waals surface area contributed by atoms with Crippen LogP contribution in [0.2, 0.25) is 0 Å². The summed E-state index contributed by atoms with van der Waals surface area (Å²) in [5.41, 5.74) is 0.412. The molecule has 2 heterocycles. The summed E-state index contributed by atoms with van der Waals surface area (Å²) in [5.74, 6) is 1.76. The number of nitrogens with zero attached hydrogens (tertiary/aromatic N) is 3. The highest BCUT2D eigenvalue weighted by Crippen LogP contribution is 2.30. The van der Waals surface area contributed by atoms with Crippen LogP contribution in [0.3, 0.4) is 0 Å². The summed E-state index contributed by atoms with van der Waals surface area (Å²) in [7, 11) is 1.75. The summed E-state index contributed by atoms with van der Waals surface area (Å²) in [4.78, 5) is 26.4. The van der Waals surface area contributed by atoms with Crippen LogP contribution in [0, 0.1) is 17.8 Å². The molecule has 1 aliphatic carbocycles. The quantitative estimate of drug-likeness (QED) is 0.927. The lowest BCUT2D eigenvalue weighted by molar-refractivity contribution is -0.117. The van der Waals surface area contributed by atoms with Crippen molar-refractivity contribution in [2.75, 3.05) is 18.4 Å². The Morgan fingerprint density at radius 2 is 1.86 bits per heavy atom. The first-order valence-corrected chi connectivity index (χ1v) is 8.08. The zero-order chi connectivity index (χ0) is 15.9. The van der Waals surface area contributed by atoms with E-state index in [9.17, 15) is 9.59 Å². The molecule has 2 amide bonds. The number of nitrogens with one attached hydrogen (secondary N) is 1. The average Bonchev–Trinajstić information content (AvgIpc) is 3.23. The lowest BCUT2D eigenvalue weighted by Crippen LogP contribution is -2.42. The number of piperidine rings is 1. The minimum Gasteiger partial charge on any atom is -0.337 e. The fourth-order valence-corrected chi connectivity index (χ4v) is 3.25. The standard InChI is InChI=1S/C16H24N4O2/c1-10-6-11(2)9-20(8-10)16(22)13-7-14(19(3)18-13)17-15(21)12-4-5-12/h7,10-12H,4-6,8-9H2,1-3H3,(H,17,21)/t10-,11-/m0/s1. The molecule has 3 rings (SSSR count). The van der Waals surface area contributed by atoms with Gasteiger partial charge in [-0.1, -0.05) is 13.8 Å². The molecule has 1 aromatic rings. The minimum absolute atomic E-state index is 0.0298. The van der Waals surface area contributed by atoms with Gasteiger partial charge in [0.2, 0.25) is 5.91 Å². The Bertz CT molecular complexity index is 581. The Morgan fingerprint density at radius 3 is 2.45 bits per heavy atom. The molecule has 1 saturated heterocycles. The van der Waals surface area contributed by atoms with Crippen LogP contribution in [0.25, 0.3) is 0 Å². The van der Waals surface area contributed by atoms with Gasteiger partial charge in [0, 0.05) is 32.1 Å². The zero-order valence-electron chi connectivity index (χ0n) is 13.5. The first-order valence-electron chi connectivity index (χ1n) is 8.08. The Balaban J connectivity index is 1.71. The van der Waals surface area contributed by atoms with Crippen molar-refractivity contribution in [3.63, 3.8) is 0 Å². The summed E-state index contributed by atoms with van der Waals surface area (Å²) >= 11 is 0. The molecule has 0 spiro atoms. The highest BCUT2D eigenvalue weighted by atomic mass is 16.2. The number of amides is 2. The van der Waals surface area contributed by atoms with Crippen molar-refractivity contribution in [2.24, 2.45) is 24.8 Å². The fraction of sp³-hybridized carbons (Fsp3) is 0.688. The second kappa shape index (κ2) is 5.74. The Kier molecular flexibility index (Phi) is 3.93. The first kappa shape index (κ1) is 15.1. The van der Waals surface area contributed by atoms with E-state index in [4.69, 9.17) is 0 Å². The molecule has 1 N–H and O–H groups in total. The lowest BCUT2D eigenvalue weighted by Gasteiger charge is -2.34. The number of aryl methyl sites for hydroxylation is 1. The highest BCUT2D eigenvalue weighted by Gasteiger charge is 2.31. The van der Waals surface area contributed by atoms with Gasteiger partial charge in [0.25, 0.3) is 5.91 Å². The normalized spacial score (nSPS) is 25.1. The number of carbonyl (C=O) groups is 2. The number of likely N-dealkylation sites (tertiary alicyclic amines) is 1. The van der Waals surface area contributed by atoms with E-state index in [0.717, 1.165) is 32.4 Å². The van der Waals surface area contributed by atoms with Crippen LogP contribution < -0.4 is 5.32 Å². The number of hydrogen-bond acceptors (Lipinski definition) is 3. The maximum absolute atomic E-state index is 12.6. The Labute approximate surface area is 130 Å².